The fourth-order valence-corrected chi connectivity index (χ4v) is 19.7. The third kappa shape index (κ3) is 25.2. The summed E-state index contributed by atoms with van der Waals surface area (Å²) in [7, 11) is -9.62. The lowest BCUT2D eigenvalue weighted by molar-refractivity contribution is -0.137. The maximum Gasteiger partial charge on any atom is 0.307 e. The summed E-state index contributed by atoms with van der Waals surface area (Å²) in [5.41, 5.74) is 11.2. The van der Waals surface area contributed by atoms with E-state index in [-0.39, 0.29) is 46.2 Å². The Hall–Kier alpha value is -17.9. The first kappa shape index (κ1) is 99.7. The summed E-state index contributed by atoms with van der Waals surface area (Å²) in [5, 5.41) is 44.0. The van der Waals surface area contributed by atoms with Gasteiger partial charge in [-0.1, -0.05) is 146 Å². The second-order valence-electron chi connectivity index (χ2n) is 31.7. The Morgan fingerprint density at radius 2 is 0.637 bits per heavy atom. The lowest BCUT2D eigenvalue weighted by atomic mass is 10.0. The Kier molecular flexibility index (Phi) is 31.3. The molecule has 8 N–H and O–H groups in total. The van der Waals surface area contributed by atoms with Crippen molar-refractivity contribution in [1.82, 2.24) is 91.9 Å². The van der Waals surface area contributed by atoms with Crippen molar-refractivity contribution in [2.24, 2.45) is 0 Å². The van der Waals surface area contributed by atoms with Crippen molar-refractivity contribution in [2.75, 3.05) is 13.1 Å². The lowest BCUT2D eigenvalue weighted by Crippen LogP contribution is -2.27. The van der Waals surface area contributed by atoms with E-state index < -0.39 is 107 Å². The maximum absolute atomic E-state index is 14.3. The average molecular weight is 2080 g/mol. The van der Waals surface area contributed by atoms with Crippen LogP contribution in [0.4, 0.5) is 4.39 Å². The molecule has 13 heterocycles. The number of carbonyl (C=O) groups excluding carboxylic acids is 7. The van der Waals surface area contributed by atoms with E-state index in [0.717, 1.165) is 97.0 Å². The maximum atomic E-state index is 14.3. The van der Waals surface area contributed by atoms with Crippen LogP contribution in [0.2, 0.25) is 0 Å². The topological polar surface area (TPSA) is 507 Å². The van der Waals surface area contributed by atoms with E-state index in [9.17, 15) is 72.8 Å². The summed E-state index contributed by atoms with van der Waals surface area (Å²) in [5.74, 6) is -0.374. The number of nitrogens with one attached hydrogen (secondary N) is 6. The second kappa shape index (κ2) is 45.8. The first-order valence-electron chi connectivity index (χ1n) is 43.8. The van der Waals surface area contributed by atoms with Crippen molar-refractivity contribution < 1.29 is 97.2 Å². The van der Waals surface area contributed by atoms with Crippen LogP contribution in [0.25, 0.3) is 96.9 Å². The first-order chi connectivity index (χ1) is 70.7. The monoisotopic (exact) mass is 2080 g/mol. The number of para-hydroxylation sites is 4. The minimum Gasteiger partial charge on any atom is -0.481 e. The number of likely N-dealkylation sites (tertiary alicyclic amines) is 1. The molecule has 0 saturated carbocycles. The molecule has 146 heavy (non-hydrogen) atoms. The molecule has 0 spiro atoms. The number of ether oxygens (including phenoxy) is 3. The number of rotatable bonds is 24. The van der Waals surface area contributed by atoms with Crippen molar-refractivity contribution in [1.29, 1.82) is 0 Å². The molecule has 7 aliphatic heterocycles. The number of aryl methyl sites for hydroxylation is 1. The molecule has 6 atom stereocenters. The summed E-state index contributed by atoms with van der Waals surface area (Å²) in [6.45, 7) is 1.43. The van der Waals surface area contributed by atoms with Crippen molar-refractivity contribution in [3.63, 3.8) is 0 Å². The molecule has 1 saturated heterocycles. The van der Waals surface area contributed by atoms with E-state index in [1.807, 2.05) is 188 Å². The standard InChI is InChI=1S/3C18H13N3O3S.C17H15FN4O3S.C15H13N3O4S.C14H11N3O4S/c22-17-10-18(25(23)20-17)21-12-14(11-19-21)13-5-4-8-16(9-13)24-15-6-2-1-3-7-15;22-17-10-18(25(23)20-17)21-12-13(11-19-21)15-8-4-5-9-16(15)24-14-6-2-1-3-7-14;22-17-10-18(25(23)20-17)21-12-14(11-19-21)13-6-8-16(9-7-13)24-15-4-2-1-3-5-15;18-14-4-3-11(17(24)21-5-1-2-6-21)7-13(14)12-9-19-22(10-12)16-8-15(23)20-26(16)25;19-13-7-14(23(22)17-13)18-9-12(8-16-18)11-4-1-10(2-5-11)3-6-15(20)21;18-12-6-13(22(21)16-12)17-8-11(7-15-17)10-3-1-9(2-4-10)5-14(19)20/h3*1-12H,(H,20,22);3-4,7-10H,1-2,5-6H2,(H,20,23);1-2,4-5,7-9H,3,6H2,(H,17,19)(H,20,21);1-4,6-8H,5H2,(H,16,18)(H,19,20). The molecule has 9 aromatic carbocycles. The Labute approximate surface area is 843 Å². The Morgan fingerprint density at radius 1 is 0.315 bits per heavy atom. The van der Waals surface area contributed by atoms with Crippen molar-refractivity contribution in [3.8, 4) is 101 Å². The molecule has 0 bridgehead atoms. The van der Waals surface area contributed by atoms with Crippen LogP contribution >= 0.6 is 0 Å². The highest BCUT2D eigenvalue weighted by Crippen LogP contribution is 2.37. The normalized spacial score (nSPS) is 17.2. The third-order valence-electron chi connectivity index (χ3n) is 21.6. The number of hydrogen-bond donors (Lipinski definition) is 8. The highest BCUT2D eigenvalue weighted by Gasteiger charge is 2.30. The zero-order chi connectivity index (χ0) is 102. The van der Waals surface area contributed by atoms with Crippen LogP contribution in [0.5, 0.6) is 34.5 Å². The lowest BCUT2D eigenvalue weighted by Gasteiger charge is -2.15. The molecule has 0 radical (unpaired) electrons. The molecule has 0 aliphatic carbocycles. The van der Waals surface area contributed by atoms with Crippen LogP contribution in [0.15, 0.2) is 341 Å². The third-order valence-corrected chi connectivity index (χ3v) is 28.1. The molecule has 1 fully saturated rings. The molecule has 6 aromatic heterocycles. The highest BCUT2D eigenvalue weighted by atomic mass is 32.2. The minimum absolute atomic E-state index is 0.0286. The number of halogens is 1. The number of carbonyl (C=O) groups is 9. The fraction of sp³-hybridized carbons (Fsp3) is 0.0700. The number of benzene rings is 9. The summed E-state index contributed by atoms with van der Waals surface area (Å²) in [6, 6.07) is 70.1. The number of carboxylic acid groups (broad SMARTS) is 2. The van der Waals surface area contributed by atoms with E-state index >= 15 is 0 Å². The number of amides is 7. The second-order valence-corrected chi connectivity index (χ2v) is 38.7. The highest BCUT2D eigenvalue weighted by molar-refractivity contribution is 7.95. The van der Waals surface area contributed by atoms with Crippen LogP contribution < -0.4 is 42.5 Å². The number of hydrogen-bond acceptors (Lipinski definition) is 24. The zero-order valence-corrected chi connectivity index (χ0v) is 80.6. The van der Waals surface area contributed by atoms with Gasteiger partial charge in [-0.2, -0.15) is 30.6 Å². The van der Waals surface area contributed by atoms with Gasteiger partial charge in [-0.3, -0.25) is 71.5 Å². The molecular formula is C100H78FN19O20S6. The van der Waals surface area contributed by atoms with E-state index in [4.69, 9.17) is 24.4 Å². The van der Waals surface area contributed by atoms with Crippen LogP contribution in [0.1, 0.15) is 40.7 Å². The van der Waals surface area contributed by atoms with E-state index in [1.54, 1.807) is 91.1 Å². The SMILES string of the molecule is O=C(O)CCc1ccc(-c2cnn(C3=CC(=O)NS3=O)c2)cc1.O=C(O)Cc1ccc(-c2cnn(C3=CC(=O)NS3=O)c2)cc1.O=C1C=C(n2cc(-c3cc(C(=O)N4CCCC4)ccc3F)cn2)S(=O)N1.O=C1C=C(n2cc(-c3ccc(Oc4ccccc4)cc3)cn2)S(=O)N1.O=C1C=C(n2cc(-c3cccc(Oc4ccccc4)c3)cn2)S(=O)N1.O=C1C=C(n2cc(-c3ccccc3Oc3ccccc3)cn2)S(=O)N1. The quantitative estimate of drug-likeness (QED) is 0.0278. The molecule has 39 nitrogen and oxygen atoms in total. The summed E-state index contributed by atoms with van der Waals surface area (Å²) in [4.78, 5) is 103. The van der Waals surface area contributed by atoms with Gasteiger partial charge in [0.25, 0.3) is 41.4 Å². The van der Waals surface area contributed by atoms with E-state index in [1.165, 1.54) is 95.1 Å². The zero-order valence-electron chi connectivity index (χ0n) is 75.7. The van der Waals surface area contributed by atoms with Gasteiger partial charge in [0.2, 0.25) is 0 Å². The summed E-state index contributed by atoms with van der Waals surface area (Å²) in [6.07, 6.45) is 29.6. The van der Waals surface area contributed by atoms with E-state index in [2.05, 4.69) is 58.9 Å². The number of aliphatic carboxylic acids is 2. The summed E-state index contributed by atoms with van der Waals surface area (Å²) >= 11 is 0. The van der Waals surface area contributed by atoms with Gasteiger partial charge in [-0.25, -0.2) is 57.7 Å². The molecule has 6 unspecified atom stereocenters. The molecule has 7 amide bonds. The van der Waals surface area contributed by atoms with Gasteiger partial charge in [0.05, 0.1) is 43.6 Å². The number of aromatic nitrogens is 12. The molecule has 22 rings (SSSR count). The van der Waals surface area contributed by atoms with Crippen LogP contribution in [-0.2, 0) is 117 Å². The fourth-order valence-electron chi connectivity index (χ4n) is 14.7. The predicted octanol–water partition coefficient (Wildman–Crippen LogP) is 12.2. The Bertz CT molecular complexity index is 7950. The van der Waals surface area contributed by atoms with Crippen molar-refractivity contribution in [2.45, 2.75) is 32.1 Å². The predicted molar refractivity (Wildman–Crippen MR) is 541 cm³/mol. The van der Waals surface area contributed by atoms with Crippen molar-refractivity contribution >= 4 is 149 Å². The molecule has 15 aromatic rings. The van der Waals surface area contributed by atoms with Crippen LogP contribution in [-0.4, -0.2) is 165 Å². The van der Waals surface area contributed by atoms with Crippen LogP contribution in [0, 0.1) is 5.82 Å². The average Bonchev–Trinajstić information content (AvgIpc) is 1.67. The molecule has 46 heteroatoms. The molecular weight excluding hydrogens is 2000 g/mol. The van der Waals surface area contributed by atoms with E-state index in [0.29, 0.717) is 67.8 Å². The molecule has 736 valence electrons. The van der Waals surface area contributed by atoms with Gasteiger partial charge < -0.3 is 29.3 Å². The summed E-state index contributed by atoms with van der Waals surface area (Å²) < 4.78 is 125. The number of carboxylic acids is 2. The van der Waals surface area contributed by atoms with Gasteiger partial charge in [0.15, 0.2) is 96.1 Å². The van der Waals surface area contributed by atoms with Gasteiger partial charge in [-0.15, -0.1) is 0 Å². The smallest absolute Gasteiger partial charge is 0.307 e. The number of nitrogens with zero attached hydrogens (tertiary/aromatic N) is 13. The largest absolute Gasteiger partial charge is 0.481 e. The van der Waals surface area contributed by atoms with Gasteiger partial charge in [0, 0.05) is 143 Å². The Morgan fingerprint density at radius 3 is 1.01 bits per heavy atom. The van der Waals surface area contributed by atoms with Crippen LogP contribution in [0.3, 0.4) is 0 Å². The Balaban J connectivity index is 0.000000120. The van der Waals surface area contributed by atoms with Gasteiger partial charge >= 0.3 is 11.9 Å². The first-order valence-corrected chi connectivity index (χ1v) is 50.7. The van der Waals surface area contributed by atoms with Gasteiger partial charge in [-0.05, 0) is 138 Å². The van der Waals surface area contributed by atoms with Crippen molar-refractivity contribution in [3.05, 3.63) is 364 Å². The van der Waals surface area contributed by atoms with Gasteiger partial charge in [0.1, 0.15) is 40.3 Å². The molecule has 7 aliphatic rings. The minimum atomic E-state index is -1.70.